The van der Waals surface area contributed by atoms with Gasteiger partial charge in [0.2, 0.25) is 0 Å². The molecule has 2 aromatic rings. The molecule has 0 aliphatic heterocycles. The minimum Gasteiger partial charge on any atom is -0.352 e. The molecule has 0 fully saturated rings. The Labute approximate surface area is 119 Å². The van der Waals surface area contributed by atoms with Gasteiger partial charge in [-0.05, 0) is 30.0 Å². The van der Waals surface area contributed by atoms with E-state index in [1.165, 1.54) is 0 Å². The maximum absolute atomic E-state index is 12.2. The molecule has 2 rings (SSSR count). The highest BCUT2D eigenvalue weighted by atomic mass is 16.1. The van der Waals surface area contributed by atoms with E-state index in [9.17, 15) is 4.79 Å². The lowest BCUT2D eigenvalue weighted by Gasteiger charge is -2.14. The van der Waals surface area contributed by atoms with Gasteiger partial charge in [0.25, 0.3) is 5.91 Å². The van der Waals surface area contributed by atoms with E-state index in [4.69, 9.17) is 0 Å². The predicted molar refractivity (Wildman–Crippen MR) is 79.5 cm³/mol. The lowest BCUT2D eigenvalue weighted by atomic mass is 10.0. The van der Waals surface area contributed by atoms with E-state index in [1.54, 1.807) is 6.20 Å². The summed E-state index contributed by atoms with van der Waals surface area (Å²) >= 11 is 0. The number of hydrogen-bond donors (Lipinski definition) is 1. The zero-order valence-electron chi connectivity index (χ0n) is 12.0. The Morgan fingerprint density at radius 1 is 1.35 bits per heavy atom. The van der Waals surface area contributed by atoms with Crippen LogP contribution >= 0.6 is 0 Å². The normalized spacial score (nSPS) is 12.1. The molecule has 0 bridgehead atoms. The molecule has 1 N–H and O–H groups in total. The van der Waals surface area contributed by atoms with E-state index >= 15 is 0 Å². The second-order valence-electron chi connectivity index (χ2n) is 5.05. The summed E-state index contributed by atoms with van der Waals surface area (Å²) in [5, 5.41) is 7.18. The van der Waals surface area contributed by atoms with E-state index in [0.717, 1.165) is 24.1 Å². The van der Waals surface area contributed by atoms with Gasteiger partial charge in [0.1, 0.15) is 0 Å². The molecule has 1 amide bonds. The molecule has 1 atom stereocenters. The Hall–Kier alpha value is -2.10. The zero-order valence-corrected chi connectivity index (χ0v) is 12.0. The standard InChI is InChI=1S/C16H21N3O/c1-3-14-7-4-5-8-15(14)16(20)17-11-13(2)12-19-10-6-9-18-19/h4-10,13H,3,11-12H2,1-2H3,(H,17,20)/t13-/m0/s1. The van der Waals surface area contributed by atoms with Gasteiger partial charge in [-0.15, -0.1) is 0 Å². The molecule has 0 aliphatic carbocycles. The lowest BCUT2D eigenvalue weighted by Crippen LogP contribution is -2.30. The molecule has 0 saturated heterocycles. The number of hydrogen-bond acceptors (Lipinski definition) is 2. The fourth-order valence-corrected chi connectivity index (χ4v) is 2.20. The minimum atomic E-state index is 0.00904. The quantitative estimate of drug-likeness (QED) is 0.877. The Balaban J connectivity index is 1.88. The summed E-state index contributed by atoms with van der Waals surface area (Å²) in [6.07, 6.45) is 4.57. The third-order valence-electron chi connectivity index (χ3n) is 3.31. The molecule has 0 unspecified atom stereocenters. The number of nitrogens with zero attached hydrogens (tertiary/aromatic N) is 2. The van der Waals surface area contributed by atoms with Crippen LogP contribution < -0.4 is 5.32 Å². The van der Waals surface area contributed by atoms with Crippen molar-refractivity contribution in [3.63, 3.8) is 0 Å². The van der Waals surface area contributed by atoms with Crippen molar-refractivity contribution in [3.05, 3.63) is 53.9 Å². The second-order valence-corrected chi connectivity index (χ2v) is 5.05. The van der Waals surface area contributed by atoms with Crippen LogP contribution in [0.1, 0.15) is 29.8 Å². The number of aryl methyl sites for hydroxylation is 1. The molecule has 1 heterocycles. The summed E-state index contributed by atoms with van der Waals surface area (Å²) < 4.78 is 1.89. The van der Waals surface area contributed by atoms with Crippen molar-refractivity contribution in [2.24, 2.45) is 5.92 Å². The first kappa shape index (κ1) is 14.3. The van der Waals surface area contributed by atoms with E-state index in [2.05, 4.69) is 24.3 Å². The summed E-state index contributed by atoms with van der Waals surface area (Å²) in [7, 11) is 0. The number of carbonyl (C=O) groups is 1. The predicted octanol–water partition coefficient (Wildman–Crippen LogP) is 2.51. The van der Waals surface area contributed by atoms with Crippen LogP contribution in [0.15, 0.2) is 42.7 Å². The second kappa shape index (κ2) is 6.89. The molecule has 106 valence electrons. The third-order valence-corrected chi connectivity index (χ3v) is 3.31. The van der Waals surface area contributed by atoms with Crippen LogP contribution in [0.4, 0.5) is 0 Å². The monoisotopic (exact) mass is 271 g/mol. The highest BCUT2D eigenvalue weighted by Gasteiger charge is 2.11. The molecule has 1 aromatic carbocycles. The molecule has 0 saturated carbocycles. The molecule has 1 aromatic heterocycles. The third kappa shape index (κ3) is 3.70. The summed E-state index contributed by atoms with van der Waals surface area (Å²) in [5.74, 6) is 0.349. The number of carbonyl (C=O) groups excluding carboxylic acids is 1. The highest BCUT2D eigenvalue weighted by molar-refractivity contribution is 5.95. The first-order valence-electron chi connectivity index (χ1n) is 7.04. The van der Waals surface area contributed by atoms with E-state index in [0.29, 0.717) is 12.5 Å². The van der Waals surface area contributed by atoms with Crippen LogP contribution in [0.25, 0.3) is 0 Å². The van der Waals surface area contributed by atoms with Crippen molar-refractivity contribution >= 4 is 5.91 Å². The summed E-state index contributed by atoms with van der Waals surface area (Å²) in [6.45, 7) is 5.62. The zero-order chi connectivity index (χ0) is 14.4. The van der Waals surface area contributed by atoms with Crippen molar-refractivity contribution < 1.29 is 4.79 Å². The van der Waals surface area contributed by atoms with Crippen LogP contribution in [-0.4, -0.2) is 22.2 Å². The topological polar surface area (TPSA) is 46.9 Å². The molecular weight excluding hydrogens is 250 g/mol. The van der Waals surface area contributed by atoms with Gasteiger partial charge in [-0.3, -0.25) is 9.48 Å². The minimum absolute atomic E-state index is 0.00904. The van der Waals surface area contributed by atoms with E-state index in [-0.39, 0.29) is 5.91 Å². The van der Waals surface area contributed by atoms with Gasteiger partial charge < -0.3 is 5.32 Å². The number of aromatic nitrogens is 2. The maximum Gasteiger partial charge on any atom is 0.251 e. The number of rotatable bonds is 6. The van der Waals surface area contributed by atoms with Gasteiger partial charge in [-0.2, -0.15) is 5.10 Å². The molecule has 0 aliphatic rings. The van der Waals surface area contributed by atoms with Crippen LogP contribution in [0.5, 0.6) is 0 Å². The van der Waals surface area contributed by atoms with E-state index < -0.39 is 0 Å². The fraction of sp³-hybridized carbons (Fsp3) is 0.375. The van der Waals surface area contributed by atoms with Gasteiger partial charge >= 0.3 is 0 Å². The smallest absolute Gasteiger partial charge is 0.251 e. The van der Waals surface area contributed by atoms with Crippen molar-refractivity contribution in [2.45, 2.75) is 26.8 Å². The number of nitrogens with one attached hydrogen (secondary N) is 1. The average molecular weight is 271 g/mol. The fourth-order valence-electron chi connectivity index (χ4n) is 2.20. The molecule has 0 spiro atoms. The van der Waals surface area contributed by atoms with Gasteiger partial charge in [-0.25, -0.2) is 0 Å². The Kier molecular flexibility index (Phi) is 4.93. The molecular formula is C16H21N3O. The van der Waals surface area contributed by atoms with Gasteiger partial charge in [0.15, 0.2) is 0 Å². The van der Waals surface area contributed by atoms with Gasteiger partial charge in [0.05, 0.1) is 0 Å². The van der Waals surface area contributed by atoms with Crippen molar-refractivity contribution in [1.29, 1.82) is 0 Å². The summed E-state index contributed by atoms with van der Waals surface area (Å²) in [4.78, 5) is 12.2. The van der Waals surface area contributed by atoms with Crippen LogP contribution in [0, 0.1) is 5.92 Å². The van der Waals surface area contributed by atoms with Gasteiger partial charge in [-0.1, -0.05) is 32.0 Å². The summed E-state index contributed by atoms with van der Waals surface area (Å²) in [5.41, 5.74) is 1.87. The van der Waals surface area contributed by atoms with Crippen molar-refractivity contribution in [1.82, 2.24) is 15.1 Å². The first-order valence-corrected chi connectivity index (χ1v) is 7.04. The first-order chi connectivity index (χ1) is 9.70. The van der Waals surface area contributed by atoms with Crippen LogP contribution in [0.3, 0.4) is 0 Å². The lowest BCUT2D eigenvalue weighted by molar-refractivity contribution is 0.0945. The Morgan fingerprint density at radius 3 is 2.85 bits per heavy atom. The summed E-state index contributed by atoms with van der Waals surface area (Å²) in [6, 6.07) is 9.66. The van der Waals surface area contributed by atoms with E-state index in [1.807, 2.05) is 41.2 Å². The molecule has 4 nitrogen and oxygen atoms in total. The van der Waals surface area contributed by atoms with Crippen LogP contribution in [-0.2, 0) is 13.0 Å². The van der Waals surface area contributed by atoms with Crippen LogP contribution in [0.2, 0.25) is 0 Å². The maximum atomic E-state index is 12.2. The largest absolute Gasteiger partial charge is 0.352 e. The van der Waals surface area contributed by atoms with Gasteiger partial charge in [0, 0.05) is 31.0 Å². The number of benzene rings is 1. The number of amides is 1. The SMILES string of the molecule is CCc1ccccc1C(=O)NC[C@H](C)Cn1cccn1. The molecule has 0 radical (unpaired) electrons. The molecule has 4 heteroatoms. The Bertz CT molecular complexity index is 549. The van der Waals surface area contributed by atoms with Crippen molar-refractivity contribution in [2.75, 3.05) is 6.54 Å². The Morgan fingerprint density at radius 2 is 2.15 bits per heavy atom. The van der Waals surface area contributed by atoms with Crippen molar-refractivity contribution in [3.8, 4) is 0 Å². The highest BCUT2D eigenvalue weighted by Crippen LogP contribution is 2.09. The average Bonchev–Trinajstić information content (AvgIpc) is 2.97. The molecule has 20 heavy (non-hydrogen) atoms.